The Morgan fingerprint density at radius 1 is 1.04 bits per heavy atom. The summed E-state index contributed by atoms with van der Waals surface area (Å²) in [6.07, 6.45) is 5.21. The van der Waals surface area contributed by atoms with Crippen LogP contribution in [0.15, 0.2) is 30.3 Å². The summed E-state index contributed by atoms with van der Waals surface area (Å²) in [6.45, 7) is -0.346. The van der Waals surface area contributed by atoms with Crippen LogP contribution in [0.4, 0.5) is 5.69 Å². The number of nitrogens with zero attached hydrogens (tertiary/aromatic N) is 1. The van der Waals surface area contributed by atoms with E-state index in [0.717, 1.165) is 32.1 Å². The van der Waals surface area contributed by atoms with Gasteiger partial charge in [-0.05, 0) is 31.4 Å². The maximum absolute atomic E-state index is 12.8. The lowest BCUT2D eigenvalue weighted by atomic mass is 9.89. The van der Waals surface area contributed by atoms with Crippen molar-refractivity contribution in [3.05, 3.63) is 30.3 Å². The van der Waals surface area contributed by atoms with E-state index in [0.29, 0.717) is 12.1 Å². The highest BCUT2D eigenvalue weighted by molar-refractivity contribution is 7.91. The predicted octanol–water partition coefficient (Wildman–Crippen LogP) is 2.33. The highest BCUT2D eigenvalue weighted by Crippen LogP contribution is 2.26. The molecule has 7 heteroatoms. The second kappa shape index (κ2) is 8.20. The minimum absolute atomic E-state index is 0.0514. The molecule has 2 aliphatic rings. The molecule has 1 aliphatic heterocycles. The van der Waals surface area contributed by atoms with Crippen LogP contribution in [0, 0.1) is 5.92 Å². The number of carbonyl (C=O) groups is 2. The van der Waals surface area contributed by atoms with Gasteiger partial charge in [0.2, 0.25) is 0 Å². The van der Waals surface area contributed by atoms with Crippen molar-refractivity contribution in [2.45, 2.75) is 44.6 Å². The van der Waals surface area contributed by atoms with Gasteiger partial charge < -0.3 is 9.64 Å². The van der Waals surface area contributed by atoms with Crippen molar-refractivity contribution in [3.8, 4) is 0 Å². The Morgan fingerprint density at radius 2 is 1.73 bits per heavy atom. The van der Waals surface area contributed by atoms with Gasteiger partial charge in [-0.25, -0.2) is 8.42 Å². The summed E-state index contributed by atoms with van der Waals surface area (Å²) in [5, 5.41) is 0. The predicted molar refractivity (Wildman–Crippen MR) is 98.5 cm³/mol. The average Bonchev–Trinajstić information content (AvgIpc) is 3.01. The van der Waals surface area contributed by atoms with E-state index in [1.54, 1.807) is 24.3 Å². The Bertz CT molecular complexity index is 740. The van der Waals surface area contributed by atoms with Crippen molar-refractivity contribution in [2.75, 3.05) is 23.0 Å². The standard InChI is InChI=1S/C19H25NO5S/c21-18(13-25-19(22)15-7-3-1-4-8-15)20(16-9-5-2-6-10-16)17-11-12-26(23,24)14-17/h2,5-6,9-10,15,17H,1,3-4,7-8,11-14H2/t17-/m0/s1. The van der Waals surface area contributed by atoms with Gasteiger partial charge >= 0.3 is 5.97 Å². The van der Waals surface area contributed by atoms with Gasteiger partial charge in [0.1, 0.15) is 0 Å². The third kappa shape index (κ3) is 4.63. The van der Waals surface area contributed by atoms with Crippen molar-refractivity contribution in [2.24, 2.45) is 5.92 Å². The molecule has 6 nitrogen and oxygen atoms in total. The number of sulfone groups is 1. The van der Waals surface area contributed by atoms with E-state index >= 15 is 0 Å². The van der Waals surface area contributed by atoms with Gasteiger partial charge in [-0.3, -0.25) is 9.59 Å². The van der Waals surface area contributed by atoms with Crippen molar-refractivity contribution in [1.29, 1.82) is 0 Å². The smallest absolute Gasteiger partial charge is 0.309 e. The molecule has 3 rings (SSSR count). The molecule has 1 heterocycles. The average molecular weight is 379 g/mol. The number of anilines is 1. The highest BCUT2D eigenvalue weighted by atomic mass is 32.2. The molecule has 142 valence electrons. The van der Waals surface area contributed by atoms with Gasteiger partial charge in [-0.15, -0.1) is 0 Å². The van der Waals surface area contributed by atoms with Crippen LogP contribution in [-0.4, -0.2) is 44.4 Å². The largest absolute Gasteiger partial charge is 0.455 e. The van der Waals surface area contributed by atoms with E-state index in [1.807, 2.05) is 6.07 Å². The summed E-state index contributed by atoms with van der Waals surface area (Å²) in [5.41, 5.74) is 0.633. The minimum Gasteiger partial charge on any atom is -0.455 e. The van der Waals surface area contributed by atoms with Crippen molar-refractivity contribution in [1.82, 2.24) is 0 Å². The quantitative estimate of drug-likeness (QED) is 0.734. The Labute approximate surface area is 154 Å². The molecule has 1 aromatic rings. The third-order valence-electron chi connectivity index (χ3n) is 5.15. The molecule has 0 spiro atoms. The van der Waals surface area contributed by atoms with Crippen LogP contribution in [0.3, 0.4) is 0 Å². The molecule has 2 fully saturated rings. The molecule has 1 aliphatic carbocycles. The van der Waals surface area contributed by atoms with Crippen LogP contribution in [0.1, 0.15) is 38.5 Å². The van der Waals surface area contributed by atoms with Crippen molar-refractivity contribution < 1.29 is 22.7 Å². The van der Waals surface area contributed by atoms with Crippen LogP contribution >= 0.6 is 0 Å². The van der Waals surface area contributed by atoms with Gasteiger partial charge in [0.05, 0.1) is 23.5 Å². The normalized spacial score (nSPS) is 22.7. The Kier molecular flexibility index (Phi) is 5.96. The van der Waals surface area contributed by atoms with Crippen LogP contribution < -0.4 is 4.90 Å². The first-order valence-corrected chi connectivity index (χ1v) is 11.0. The first-order chi connectivity index (χ1) is 12.5. The first kappa shape index (κ1) is 18.9. The Hall–Kier alpha value is -1.89. The Balaban J connectivity index is 1.68. The molecule has 1 atom stereocenters. The van der Waals surface area contributed by atoms with E-state index in [4.69, 9.17) is 4.74 Å². The van der Waals surface area contributed by atoms with E-state index < -0.39 is 15.9 Å². The van der Waals surface area contributed by atoms with E-state index in [1.165, 1.54) is 4.90 Å². The fraction of sp³-hybridized carbons (Fsp3) is 0.579. The number of carbonyl (C=O) groups excluding carboxylic acids is 2. The molecule has 0 aromatic heterocycles. The number of para-hydroxylation sites is 1. The molecule has 1 amide bonds. The lowest BCUT2D eigenvalue weighted by Gasteiger charge is -2.28. The number of amides is 1. The van der Waals surface area contributed by atoms with E-state index in [-0.39, 0.29) is 35.9 Å². The number of hydrogen-bond acceptors (Lipinski definition) is 5. The summed E-state index contributed by atoms with van der Waals surface area (Å²) < 4.78 is 29.0. The summed E-state index contributed by atoms with van der Waals surface area (Å²) in [7, 11) is -3.13. The number of ether oxygens (including phenoxy) is 1. The zero-order chi connectivity index (χ0) is 18.6. The van der Waals surface area contributed by atoms with Crippen LogP contribution in [-0.2, 0) is 24.2 Å². The van der Waals surface area contributed by atoms with Gasteiger partial charge in [0.25, 0.3) is 5.91 Å². The fourth-order valence-corrected chi connectivity index (χ4v) is 5.48. The number of hydrogen-bond donors (Lipinski definition) is 0. The molecule has 1 saturated carbocycles. The molecule has 26 heavy (non-hydrogen) atoms. The zero-order valence-electron chi connectivity index (χ0n) is 14.8. The van der Waals surface area contributed by atoms with Crippen LogP contribution in [0.5, 0.6) is 0 Å². The topological polar surface area (TPSA) is 80.8 Å². The van der Waals surface area contributed by atoms with Gasteiger partial charge in [-0.1, -0.05) is 37.5 Å². The van der Waals surface area contributed by atoms with Crippen LogP contribution in [0.25, 0.3) is 0 Å². The first-order valence-electron chi connectivity index (χ1n) is 9.20. The zero-order valence-corrected chi connectivity index (χ0v) is 15.6. The Morgan fingerprint density at radius 3 is 2.35 bits per heavy atom. The molecule has 1 aromatic carbocycles. The summed E-state index contributed by atoms with van der Waals surface area (Å²) in [6, 6.07) is 8.56. The lowest BCUT2D eigenvalue weighted by molar-refractivity contribution is -0.153. The van der Waals surface area contributed by atoms with Gasteiger partial charge in [0.15, 0.2) is 16.4 Å². The maximum atomic E-state index is 12.8. The van der Waals surface area contributed by atoms with Crippen molar-refractivity contribution >= 4 is 27.4 Å². The molecular formula is C19H25NO5S. The SMILES string of the molecule is O=C(OCC(=O)N(c1ccccc1)[C@H]1CCS(=O)(=O)C1)C1CCCCC1. The third-order valence-corrected chi connectivity index (χ3v) is 6.90. The molecule has 0 N–H and O–H groups in total. The monoisotopic (exact) mass is 379 g/mol. The summed E-state index contributed by atoms with van der Waals surface area (Å²) >= 11 is 0. The fourth-order valence-electron chi connectivity index (χ4n) is 3.78. The second-order valence-corrected chi connectivity index (χ2v) is 9.33. The minimum atomic E-state index is -3.13. The lowest BCUT2D eigenvalue weighted by Crippen LogP contribution is -2.44. The molecule has 0 radical (unpaired) electrons. The summed E-state index contributed by atoms with van der Waals surface area (Å²) in [5.74, 6) is -0.776. The molecule has 0 bridgehead atoms. The van der Waals surface area contributed by atoms with Gasteiger partial charge in [-0.2, -0.15) is 0 Å². The van der Waals surface area contributed by atoms with E-state index in [2.05, 4.69) is 0 Å². The second-order valence-electron chi connectivity index (χ2n) is 7.10. The number of rotatable bonds is 5. The maximum Gasteiger partial charge on any atom is 0.309 e. The van der Waals surface area contributed by atoms with Crippen LogP contribution in [0.2, 0.25) is 0 Å². The van der Waals surface area contributed by atoms with Crippen molar-refractivity contribution in [3.63, 3.8) is 0 Å². The van der Waals surface area contributed by atoms with E-state index in [9.17, 15) is 18.0 Å². The molecule has 0 unspecified atom stereocenters. The molecular weight excluding hydrogens is 354 g/mol. The highest BCUT2D eigenvalue weighted by Gasteiger charge is 2.36. The summed E-state index contributed by atoms with van der Waals surface area (Å²) in [4.78, 5) is 26.5. The molecule has 1 saturated heterocycles. The van der Waals surface area contributed by atoms with Gasteiger partial charge in [0, 0.05) is 5.69 Å². The number of esters is 1. The number of benzene rings is 1.